The third-order valence-electron chi connectivity index (χ3n) is 5.18. The van der Waals surface area contributed by atoms with Crippen LogP contribution in [0, 0.1) is 20.8 Å². The maximum absolute atomic E-state index is 13.1. The molecule has 5 heteroatoms. The van der Waals surface area contributed by atoms with Crippen LogP contribution < -0.4 is 10.1 Å². The maximum atomic E-state index is 13.1. The van der Waals surface area contributed by atoms with Crippen LogP contribution in [0.15, 0.2) is 42.5 Å². The Labute approximate surface area is 174 Å². The fourth-order valence-corrected chi connectivity index (χ4v) is 3.21. The van der Waals surface area contributed by atoms with Crippen LogP contribution in [0.1, 0.15) is 42.5 Å². The average molecular weight is 397 g/mol. The highest BCUT2D eigenvalue weighted by atomic mass is 16.5. The number of aryl methyl sites for hydroxylation is 3. The lowest BCUT2D eigenvalue weighted by Gasteiger charge is -2.31. The molecule has 0 aliphatic rings. The van der Waals surface area contributed by atoms with E-state index in [1.165, 1.54) is 5.56 Å². The van der Waals surface area contributed by atoms with Gasteiger partial charge >= 0.3 is 0 Å². The minimum absolute atomic E-state index is 0.107. The molecule has 0 spiro atoms. The molecule has 156 valence electrons. The van der Waals surface area contributed by atoms with Crippen LogP contribution in [-0.4, -0.2) is 35.9 Å². The minimum atomic E-state index is -0.537. The molecule has 5 nitrogen and oxygen atoms in total. The molecule has 0 fully saturated rings. The molecule has 2 aromatic rings. The molecule has 0 aliphatic heterocycles. The molecule has 1 atom stereocenters. The first kappa shape index (κ1) is 22.5. The Balaban J connectivity index is 2.22. The molecule has 0 unspecified atom stereocenters. The number of rotatable bonds is 9. The third-order valence-corrected chi connectivity index (χ3v) is 5.18. The Morgan fingerprint density at radius 3 is 2.34 bits per heavy atom. The lowest BCUT2D eigenvalue weighted by molar-refractivity contribution is -0.142. The number of carbonyl (C=O) groups is 2. The number of hydrogen-bond acceptors (Lipinski definition) is 3. The lowest BCUT2D eigenvalue weighted by atomic mass is 10.1. The van der Waals surface area contributed by atoms with E-state index in [1.54, 1.807) is 4.90 Å². The Kier molecular flexibility index (Phi) is 8.25. The van der Waals surface area contributed by atoms with E-state index in [1.807, 2.05) is 77.1 Å². The maximum Gasteiger partial charge on any atom is 0.261 e. The summed E-state index contributed by atoms with van der Waals surface area (Å²) in [7, 11) is 0. The Morgan fingerprint density at radius 1 is 1.00 bits per heavy atom. The molecular formula is C24H32N2O3. The minimum Gasteiger partial charge on any atom is -0.484 e. The summed E-state index contributed by atoms with van der Waals surface area (Å²) >= 11 is 0. The molecule has 0 radical (unpaired) electrons. The van der Waals surface area contributed by atoms with Crippen LogP contribution in [0.3, 0.4) is 0 Å². The van der Waals surface area contributed by atoms with Gasteiger partial charge in [-0.15, -0.1) is 0 Å². The predicted octanol–water partition coefficient (Wildman–Crippen LogP) is 3.93. The van der Waals surface area contributed by atoms with Crippen LogP contribution in [0.2, 0.25) is 0 Å². The van der Waals surface area contributed by atoms with Crippen LogP contribution in [0.25, 0.3) is 0 Å². The number of amides is 2. The van der Waals surface area contributed by atoms with E-state index >= 15 is 0 Å². The second-order valence-electron chi connectivity index (χ2n) is 7.30. The van der Waals surface area contributed by atoms with Gasteiger partial charge in [-0.05, 0) is 68.5 Å². The molecule has 0 bridgehead atoms. The van der Waals surface area contributed by atoms with E-state index in [4.69, 9.17) is 4.74 Å². The summed E-state index contributed by atoms with van der Waals surface area (Å²) in [5.41, 5.74) is 4.40. The normalized spacial score (nSPS) is 11.6. The van der Waals surface area contributed by atoms with Crippen LogP contribution in [0.5, 0.6) is 5.75 Å². The zero-order valence-corrected chi connectivity index (χ0v) is 18.1. The van der Waals surface area contributed by atoms with E-state index in [0.717, 1.165) is 16.7 Å². The predicted molar refractivity (Wildman–Crippen MR) is 116 cm³/mol. The highest BCUT2D eigenvalue weighted by Crippen LogP contribution is 2.18. The molecule has 0 saturated carbocycles. The summed E-state index contributed by atoms with van der Waals surface area (Å²) in [6.07, 6.45) is 0.535. The van der Waals surface area contributed by atoms with Gasteiger partial charge in [0.15, 0.2) is 6.61 Å². The fourth-order valence-electron chi connectivity index (χ4n) is 3.21. The number of likely N-dealkylation sites (N-methyl/N-ethyl adjacent to an activating group) is 1. The third kappa shape index (κ3) is 6.08. The van der Waals surface area contributed by atoms with Crippen molar-refractivity contribution >= 4 is 11.8 Å². The summed E-state index contributed by atoms with van der Waals surface area (Å²) < 4.78 is 5.76. The Hall–Kier alpha value is -2.82. The second kappa shape index (κ2) is 10.6. The monoisotopic (exact) mass is 396 g/mol. The van der Waals surface area contributed by atoms with Gasteiger partial charge in [-0.1, -0.05) is 37.3 Å². The van der Waals surface area contributed by atoms with Crippen LogP contribution >= 0.6 is 0 Å². The lowest BCUT2D eigenvalue weighted by Crippen LogP contribution is -2.50. The number of hydrogen-bond donors (Lipinski definition) is 1. The van der Waals surface area contributed by atoms with Crippen molar-refractivity contribution in [2.45, 2.75) is 53.6 Å². The van der Waals surface area contributed by atoms with Crippen LogP contribution in [0.4, 0.5) is 0 Å². The van der Waals surface area contributed by atoms with E-state index < -0.39 is 6.04 Å². The smallest absolute Gasteiger partial charge is 0.261 e. The zero-order valence-electron chi connectivity index (χ0n) is 18.1. The topological polar surface area (TPSA) is 58.6 Å². The van der Waals surface area contributed by atoms with Gasteiger partial charge in [0.1, 0.15) is 11.8 Å². The number of benzene rings is 2. The summed E-state index contributed by atoms with van der Waals surface area (Å²) in [6.45, 7) is 10.6. The SMILES string of the molecule is CCNC(=O)[C@@H](CC)N(Cc1ccccc1C)C(=O)COc1ccc(C)c(C)c1. The molecular weight excluding hydrogens is 364 g/mol. The highest BCUT2D eigenvalue weighted by Gasteiger charge is 2.28. The highest BCUT2D eigenvalue weighted by molar-refractivity contribution is 5.88. The van der Waals surface area contributed by atoms with Crippen molar-refractivity contribution in [1.29, 1.82) is 0 Å². The van der Waals surface area contributed by atoms with Gasteiger partial charge < -0.3 is 15.0 Å². The van der Waals surface area contributed by atoms with E-state index in [2.05, 4.69) is 5.32 Å². The van der Waals surface area contributed by atoms with Gasteiger partial charge in [-0.25, -0.2) is 0 Å². The average Bonchev–Trinajstić information content (AvgIpc) is 2.70. The quantitative estimate of drug-likeness (QED) is 0.699. The van der Waals surface area contributed by atoms with Crippen molar-refractivity contribution in [2.75, 3.05) is 13.2 Å². The number of carbonyl (C=O) groups excluding carboxylic acids is 2. The second-order valence-corrected chi connectivity index (χ2v) is 7.30. The van der Waals surface area contributed by atoms with Gasteiger partial charge in [0.05, 0.1) is 0 Å². The number of nitrogens with zero attached hydrogens (tertiary/aromatic N) is 1. The molecule has 29 heavy (non-hydrogen) atoms. The van der Waals surface area contributed by atoms with Crippen molar-refractivity contribution < 1.29 is 14.3 Å². The van der Waals surface area contributed by atoms with Crippen molar-refractivity contribution in [2.24, 2.45) is 0 Å². The van der Waals surface area contributed by atoms with Crippen molar-refractivity contribution in [1.82, 2.24) is 10.2 Å². The van der Waals surface area contributed by atoms with Gasteiger partial charge in [-0.2, -0.15) is 0 Å². The first-order valence-electron chi connectivity index (χ1n) is 10.2. The molecule has 0 heterocycles. The molecule has 1 N–H and O–H groups in total. The summed E-state index contributed by atoms with van der Waals surface area (Å²) in [5, 5.41) is 2.85. The number of ether oxygens (including phenoxy) is 1. The summed E-state index contributed by atoms with van der Waals surface area (Å²) in [6, 6.07) is 13.1. The molecule has 0 aromatic heterocycles. The van der Waals surface area contributed by atoms with Gasteiger partial charge in [0.2, 0.25) is 5.91 Å². The van der Waals surface area contributed by atoms with Gasteiger partial charge in [0.25, 0.3) is 5.91 Å². The van der Waals surface area contributed by atoms with E-state index in [9.17, 15) is 9.59 Å². The van der Waals surface area contributed by atoms with E-state index in [-0.39, 0.29) is 18.4 Å². The van der Waals surface area contributed by atoms with Crippen LogP contribution in [-0.2, 0) is 16.1 Å². The molecule has 0 aliphatic carbocycles. The fraction of sp³-hybridized carbons (Fsp3) is 0.417. The number of nitrogens with one attached hydrogen (secondary N) is 1. The van der Waals surface area contributed by atoms with Crippen molar-refractivity contribution in [3.8, 4) is 5.75 Å². The molecule has 0 saturated heterocycles. The molecule has 2 rings (SSSR count). The first-order chi connectivity index (χ1) is 13.9. The Bertz CT molecular complexity index is 848. The Morgan fingerprint density at radius 2 is 1.72 bits per heavy atom. The standard InChI is InChI=1S/C24H32N2O3/c1-6-22(24(28)25-7-2)26(15-20-11-9-8-10-18(20)4)23(27)16-29-21-13-12-17(3)19(5)14-21/h8-14,22H,6-7,15-16H2,1-5H3,(H,25,28)/t22-/m1/s1. The van der Waals surface area contributed by atoms with Crippen molar-refractivity contribution in [3.05, 3.63) is 64.7 Å². The van der Waals surface area contributed by atoms with Gasteiger partial charge in [-0.3, -0.25) is 9.59 Å². The molecule has 2 amide bonds. The van der Waals surface area contributed by atoms with Gasteiger partial charge in [0, 0.05) is 13.1 Å². The first-order valence-corrected chi connectivity index (χ1v) is 10.2. The largest absolute Gasteiger partial charge is 0.484 e. The summed E-state index contributed by atoms with van der Waals surface area (Å²) in [4.78, 5) is 27.4. The van der Waals surface area contributed by atoms with Crippen molar-refractivity contribution in [3.63, 3.8) is 0 Å². The molecule has 2 aromatic carbocycles. The summed E-state index contributed by atoms with van der Waals surface area (Å²) in [5.74, 6) is 0.316. The zero-order chi connectivity index (χ0) is 21.4. The van der Waals surface area contributed by atoms with E-state index in [0.29, 0.717) is 25.3 Å².